The minimum Gasteiger partial charge on any atom is -0.356 e. The fourth-order valence-electron chi connectivity index (χ4n) is 2.81. The zero-order valence-corrected chi connectivity index (χ0v) is 13.3. The molecule has 5 heteroatoms. The van der Waals surface area contributed by atoms with E-state index >= 15 is 0 Å². The fraction of sp³-hybridized carbons (Fsp3) is 0.529. The first-order valence-corrected chi connectivity index (χ1v) is 7.67. The SMILES string of the molecule is CC(=O)N1C[C@H](C(=O)NCC(C)C)[C@@H](c2ccc(F)cc2)C1. The van der Waals surface area contributed by atoms with Gasteiger partial charge in [-0.2, -0.15) is 0 Å². The first-order chi connectivity index (χ1) is 10.4. The largest absolute Gasteiger partial charge is 0.356 e. The number of nitrogens with one attached hydrogen (secondary N) is 1. The van der Waals surface area contributed by atoms with E-state index < -0.39 is 0 Å². The van der Waals surface area contributed by atoms with Gasteiger partial charge in [0.05, 0.1) is 5.92 Å². The van der Waals surface area contributed by atoms with E-state index in [4.69, 9.17) is 0 Å². The first kappa shape index (κ1) is 16.5. The molecule has 1 saturated heterocycles. The first-order valence-electron chi connectivity index (χ1n) is 7.67. The van der Waals surface area contributed by atoms with E-state index in [0.717, 1.165) is 5.56 Å². The van der Waals surface area contributed by atoms with Crippen molar-refractivity contribution in [1.29, 1.82) is 0 Å². The molecule has 1 aromatic carbocycles. The van der Waals surface area contributed by atoms with Crippen LogP contribution < -0.4 is 5.32 Å². The molecule has 0 aliphatic carbocycles. The van der Waals surface area contributed by atoms with Gasteiger partial charge in [-0.1, -0.05) is 26.0 Å². The zero-order valence-electron chi connectivity index (χ0n) is 13.3. The molecule has 0 saturated carbocycles. The Morgan fingerprint density at radius 2 is 1.91 bits per heavy atom. The number of likely N-dealkylation sites (tertiary alicyclic amines) is 1. The third kappa shape index (κ3) is 3.84. The van der Waals surface area contributed by atoms with Gasteiger partial charge in [0, 0.05) is 32.5 Å². The molecule has 1 aliphatic heterocycles. The summed E-state index contributed by atoms with van der Waals surface area (Å²) in [4.78, 5) is 25.8. The zero-order chi connectivity index (χ0) is 16.3. The Kier molecular flexibility index (Phi) is 5.16. The fourth-order valence-corrected chi connectivity index (χ4v) is 2.81. The van der Waals surface area contributed by atoms with Crippen LogP contribution in [0, 0.1) is 17.7 Å². The average molecular weight is 306 g/mol. The molecule has 0 spiro atoms. The van der Waals surface area contributed by atoms with Crippen molar-refractivity contribution in [3.8, 4) is 0 Å². The van der Waals surface area contributed by atoms with Gasteiger partial charge < -0.3 is 10.2 Å². The molecule has 4 nitrogen and oxygen atoms in total. The third-order valence-corrected chi connectivity index (χ3v) is 4.08. The number of amides is 2. The Labute approximate surface area is 130 Å². The number of carbonyl (C=O) groups excluding carboxylic acids is 2. The van der Waals surface area contributed by atoms with Crippen molar-refractivity contribution < 1.29 is 14.0 Å². The lowest BCUT2D eigenvalue weighted by atomic mass is 9.88. The van der Waals surface area contributed by atoms with Crippen molar-refractivity contribution in [2.45, 2.75) is 26.7 Å². The van der Waals surface area contributed by atoms with Gasteiger partial charge in [0.1, 0.15) is 5.82 Å². The molecule has 2 atom stereocenters. The van der Waals surface area contributed by atoms with Crippen molar-refractivity contribution in [1.82, 2.24) is 10.2 Å². The van der Waals surface area contributed by atoms with Crippen molar-refractivity contribution in [3.05, 3.63) is 35.6 Å². The van der Waals surface area contributed by atoms with E-state index in [1.54, 1.807) is 17.0 Å². The van der Waals surface area contributed by atoms with Gasteiger partial charge in [0.2, 0.25) is 11.8 Å². The highest BCUT2D eigenvalue weighted by atomic mass is 19.1. The Balaban J connectivity index is 2.17. The predicted octanol–water partition coefficient (Wildman–Crippen LogP) is 2.16. The molecule has 0 radical (unpaired) electrons. The number of carbonyl (C=O) groups is 2. The molecule has 1 aliphatic rings. The number of rotatable bonds is 4. The number of hydrogen-bond acceptors (Lipinski definition) is 2. The van der Waals surface area contributed by atoms with E-state index in [1.165, 1.54) is 19.1 Å². The van der Waals surface area contributed by atoms with E-state index in [-0.39, 0.29) is 29.5 Å². The Morgan fingerprint density at radius 1 is 1.27 bits per heavy atom. The summed E-state index contributed by atoms with van der Waals surface area (Å²) in [5, 5.41) is 2.94. The van der Waals surface area contributed by atoms with Crippen LogP contribution in [0.15, 0.2) is 24.3 Å². The van der Waals surface area contributed by atoms with Crippen LogP contribution in [0.5, 0.6) is 0 Å². The molecule has 1 N–H and O–H groups in total. The summed E-state index contributed by atoms with van der Waals surface area (Å²) in [6, 6.07) is 6.20. The van der Waals surface area contributed by atoms with Gasteiger partial charge in [-0.3, -0.25) is 9.59 Å². The van der Waals surface area contributed by atoms with E-state index in [2.05, 4.69) is 5.32 Å². The topological polar surface area (TPSA) is 49.4 Å². The molecule has 22 heavy (non-hydrogen) atoms. The molecular formula is C17H23FN2O2. The highest BCUT2D eigenvalue weighted by Gasteiger charge is 2.39. The van der Waals surface area contributed by atoms with Gasteiger partial charge in [0.15, 0.2) is 0 Å². The molecule has 0 unspecified atom stereocenters. The Hall–Kier alpha value is -1.91. The maximum absolute atomic E-state index is 13.1. The standard InChI is InChI=1S/C17H23FN2O2/c1-11(2)8-19-17(22)16-10-20(12(3)21)9-15(16)13-4-6-14(18)7-5-13/h4-7,11,15-16H,8-10H2,1-3H3,(H,19,22)/t15-,16+/m1/s1. The Bertz CT molecular complexity index is 542. The monoisotopic (exact) mass is 306 g/mol. The summed E-state index contributed by atoms with van der Waals surface area (Å²) in [6.45, 7) is 7.12. The summed E-state index contributed by atoms with van der Waals surface area (Å²) in [5.74, 6) is -0.368. The summed E-state index contributed by atoms with van der Waals surface area (Å²) in [7, 11) is 0. The average Bonchev–Trinajstić information content (AvgIpc) is 2.91. The number of hydrogen-bond donors (Lipinski definition) is 1. The molecule has 2 rings (SSSR count). The molecule has 1 aromatic rings. The van der Waals surface area contributed by atoms with Crippen LogP contribution in [-0.4, -0.2) is 36.3 Å². The maximum Gasteiger partial charge on any atom is 0.225 e. The van der Waals surface area contributed by atoms with Gasteiger partial charge in [-0.25, -0.2) is 4.39 Å². The molecule has 120 valence electrons. The second-order valence-electron chi connectivity index (χ2n) is 6.33. The van der Waals surface area contributed by atoms with Gasteiger partial charge in [0.25, 0.3) is 0 Å². The van der Waals surface area contributed by atoms with Crippen molar-refractivity contribution >= 4 is 11.8 Å². The third-order valence-electron chi connectivity index (χ3n) is 4.08. The molecule has 0 aromatic heterocycles. The van der Waals surface area contributed by atoms with Crippen molar-refractivity contribution in [3.63, 3.8) is 0 Å². The minimum atomic E-state index is -0.300. The molecule has 2 amide bonds. The second kappa shape index (κ2) is 6.90. The van der Waals surface area contributed by atoms with Crippen molar-refractivity contribution in [2.75, 3.05) is 19.6 Å². The smallest absolute Gasteiger partial charge is 0.225 e. The van der Waals surface area contributed by atoms with Crippen LogP contribution in [0.4, 0.5) is 4.39 Å². The normalized spacial score (nSPS) is 21.2. The van der Waals surface area contributed by atoms with Gasteiger partial charge in [-0.15, -0.1) is 0 Å². The highest BCUT2D eigenvalue weighted by molar-refractivity contribution is 5.82. The number of halogens is 1. The summed E-state index contributed by atoms with van der Waals surface area (Å²) in [6.07, 6.45) is 0. The second-order valence-corrected chi connectivity index (χ2v) is 6.33. The minimum absolute atomic E-state index is 0.0354. The van der Waals surface area contributed by atoms with E-state index in [1.807, 2.05) is 13.8 Å². The molecular weight excluding hydrogens is 283 g/mol. The van der Waals surface area contributed by atoms with Gasteiger partial charge in [-0.05, 0) is 23.6 Å². The highest BCUT2D eigenvalue weighted by Crippen LogP contribution is 2.33. The van der Waals surface area contributed by atoms with Gasteiger partial charge >= 0.3 is 0 Å². The molecule has 1 fully saturated rings. The Morgan fingerprint density at radius 3 is 2.45 bits per heavy atom. The van der Waals surface area contributed by atoms with Crippen LogP contribution in [0.3, 0.4) is 0 Å². The quantitative estimate of drug-likeness (QED) is 0.927. The summed E-state index contributed by atoms with van der Waals surface area (Å²) >= 11 is 0. The van der Waals surface area contributed by atoms with Crippen LogP contribution in [0.1, 0.15) is 32.3 Å². The summed E-state index contributed by atoms with van der Waals surface area (Å²) in [5.41, 5.74) is 0.898. The maximum atomic E-state index is 13.1. The van der Waals surface area contributed by atoms with Crippen LogP contribution in [0.25, 0.3) is 0 Å². The number of nitrogens with zero attached hydrogens (tertiary/aromatic N) is 1. The van der Waals surface area contributed by atoms with E-state index in [0.29, 0.717) is 25.6 Å². The lowest BCUT2D eigenvalue weighted by Gasteiger charge is -2.18. The summed E-state index contributed by atoms with van der Waals surface area (Å²) < 4.78 is 13.1. The molecule has 1 heterocycles. The van der Waals surface area contributed by atoms with Crippen LogP contribution in [0.2, 0.25) is 0 Å². The van der Waals surface area contributed by atoms with Crippen molar-refractivity contribution in [2.24, 2.45) is 11.8 Å². The van der Waals surface area contributed by atoms with Crippen LogP contribution >= 0.6 is 0 Å². The number of benzene rings is 1. The lowest BCUT2D eigenvalue weighted by molar-refractivity contribution is -0.128. The predicted molar refractivity (Wildman–Crippen MR) is 82.7 cm³/mol. The van der Waals surface area contributed by atoms with E-state index in [9.17, 15) is 14.0 Å². The van der Waals surface area contributed by atoms with Crippen LogP contribution in [-0.2, 0) is 9.59 Å². The lowest BCUT2D eigenvalue weighted by Crippen LogP contribution is -2.37. The molecule has 0 bridgehead atoms.